The highest BCUT2D eigenvalue weighted by atomic mass is 32.2. The van der Waals surface area contributed by atoms with Crippen LogP contribution in [0, 0.1) is 0 Å². The minimum atomic E-state index is -0.216. The molecule has 0 radical (unpaired) electrons. The van der Waals surface area contributed by atoms with Gasteiger partial charge in [0.25, 0.3) is 0 Å². The van der Waals surface area contributed by atoms with Gasteiger partial charge in [0.2, 0.25) is 0 Å². The number of ether oxygens (including phenoxy) is 1. The fourth-order valence-corrected chi connectivity index (χ4v) is 2.17. The smallest absolute Gasteiger partial charge is 0.345 e. The van der Waals surface area contributed by atoms with Crippen molar-refractivity contribution in [2.45, 2.75) is 17.9 Å². The van der Waals surface area contributed by atoms with Crippen molar-refractivity contribution in [2.24, 2.45) is 0 Å². The van der Waals surface area contributed by atoms with Crippen LogP contribution in [0.4, 0.5) is 0 Å². The second-order valence-corrected chi connectivity index (χ2v) is 4.17. The zero-order valence-corrected chi connectivity index (χ0v) is 8.58. The molecule has 0 unspecified atom stereocenters. The van der Waals surface area contributed by atoms with Crippen molar-refractivity contribution in [2.75, 3.05) is 0 Å². The molecule has 0 N–H and O–H groups in total. The third kappa shape index (κ3) is 1.99. The fourth-order valence-electron chi connectivity index (χ4n) is 1.23. The van der Waals surface area contributed by atoms with Crippen LogP contribution in [0.25, 0.3) is 0 Å². The first-order chi connectivity index (χ1) is 6.75. The molecule has 0 amide bonds. The molecule has 0 aliphatic carbocycles. The lowest BCUT2D eigenvalue weighted by Gasteiger charge is -1.99. The van der Waals surface area contributed by atoms with E-state index in [-0.39, 0.29) is 12.1 Å². The van der Waals surface area contributed by atoms with Crippen molar-refractivity contribution in [3.63, 3.8) is 0 Å². The fraction of sp³-hybridized carbons (Fsp3) is 0.182. The molecule has 0 bridgehead atoms. The summed E-state index contributed by atoms with van der Waals surface area (Å²) in [5.41, 5.74) is 0. The Morgan fingerprint density at radius 2 is 2.00 bits per heavy atom. The maximum atomic E-state index is 11.3. The van der Waals surface area contributed by atoms with Crippen LogP contribution in [0.5, 0.6) is 0 Å². The average Bonchev–Trinajstić information content (AvgIpc) is 2.47. The number of rotatable bonds is 2. The lowest BCUT2D eigenvalue weighted by Crippen LogP contribution is -2.02. The number of benzene rings is 1. The second-order valence-electron chi connectivity index (χ2n) is 3.06. The molecular formula is C11H10O2S. The molecule has 0 aromatic heterocycles. The van der Waals surface area contributed by atoms with Crippen molar-refractivity contribution in [3.8, 4) is 0 Å². The van der Waals surface area contributed by atoms with Crippen molar-refractivity contribution >= 4 is 17.7 Å². The van der Waals surface area contributed by atoms with Gasteiger partial charge in [0.15, 0.2) is 0 Å². The molecule has 0 saturated carbocycles. The Kier molecular flexibility index (Phi) is 2.59. The standard InChI is InChI=1S/C11H10O2S/c1-8-7-10(11(12)13-8)14-9-5-3-2-4-6-9/h2-8H,1H3/t8-/m0/s1. The summed E-state index contributed by atoms with van der Waals surface area (Å²) in [5.74, 6) is -0.216. The molecule has 0 fully saturated rings. The Morgan fingerprint density at radius 1 is 1.29 bits per heavy atom. The topological polar surface area (TPSA) is 26.3 Å². The first kappa shape index (κ1) is 9.34. The molecule has 0 spiro atoms. The van der Waals surface area contributed by atoms with Crippen LogP contribution in [0.2, 0.25) is 0 Å². The minimum Gasteiger partial charge on any atom is -0.454 e. The number of esters is 1. The van der Waals surface area contributed by atoms with Crippen LogP contribution in [0.3, 0.4) is 0 Å². The Balaban J connectivity index is 2.12. The maximum absolute atomic E-state index is 11.3. The Morgan fingerprint density at radius 3 is 2.57 bits per heavy atom. The van der Waals surface area contributed by atoms with E-state index < -0.39 is 0 Å². The highest BCUT2D eigenvalue weighted by molar-refractivity contribution is 8.04. The van der Waals surface area contributed by atoms with Gasteiger partial charge in [-0.15, -0.1) is 0 Å². The number of cyclic esters (lactones) is 1. The molecule has 72 valence electrons. The average molecular weight is 206 g/mol. The predicted molar refractivity (Wildman–Crippen MR) is 55.9 cm³/mol. The zero-order valence-electron chi connectivity index (χ0n) is 7.77. The lowest BCUT2D eigenvalue weighted by molar-refractivity contribution is -0.138. The van der Waals surface area contributed by atoms with Gasteiger partial charge < -0.3 is 4.74 Å². The van der Waals surface area contributed by atoms with Gasteiger partial charge in [-0.2, -0.15) is 0 Å². The van der Waals surface area contributed by atoms with E-state index in [1.165, 1.54) is 11.8 Å². The van der Waals surface area contributed by atoms with Crippen molar-refractivity contribution < 1.29 is 9.53 Å². The highest BCUT2D eigenvalue weighted by Crippen LogP contribution is 2.31. The molecule has 14 heavy (non-hydrogen) atoms. The summed E-state index contributed by atoms with van der Waals surface area (Å²) in [6.07, 6.45) is 1.76. The van der Waals surface area contributed by atoms with Crippen molar-refractivity contribution in [3.05, 3.63) is 41.3 Å². The molecular weight excluding hydrogens is 196 g/mol. The highest BCUT2D eigenvalue weighted by Gasteiger charge is 2.22. The normalized spacial score (nSPS) is 20.5. The Labute approximate surface area is 87.0 Å². The van der Waals surface area contributed by atoms with E-state index in [4.69, 9.17) is 4.74 Å². The first-order valence-corrected chi connectivity index (χ1v) is 5.23. The molecule has 2 nitrogen and oxygen atoms in total. The van der Waals surface area contributed by atoms with E-state index in [0.717, 1.165) is 4.90 Å². The SMILES string of the molecule is C[C@H]1C=C(Sc2ccccc2)C(=O)O1. The van der Waals surface area contributed by atoms with E-state index in [9.17, 15) is 4.79 Å². The number of carbonyl (C=O) groups is 1. The molecule has 1 aromatic rings. The van der Waals surface area contributed by atoms with Crippen LogP contribution in [-0.2, 0) is 9.53 Å². The van der Waals surface area contributed by atoms with Crippen LogP contribution >= 0.6 is 11.8 Å². The summed E-state index contributed by atoms with van der Waals surface area (Å²) in [6.45, 7) is 1.86. The molecule has 0 saturated heterocycles. The predicted octanol–water partition coefficient (Wildman–Crippen LogP) is 2.61. The van der Waals surface area contributed by atoms with Crippen molar-refractivity contribution in [1.82, 2.24) is 0 Å². The van der Waals surface area contributed by atoms with E-state index >= 15 is 0 Å². The van der Waals surface area contributed by atoms with Gasteiger partial charge in [-0.3, -0.25) is 0 Å². The minimum absolute atomic E-state index is 0.0892. The van der Waals surface area contributed by atoms with Crippen LogP contribution in [0.1, 0.15) is 6.92 Å². The molecule has 2 rings (SSSR count). The second kappa shape index (κ2) is 3.88. The molecule has 1 aliphatic rings. The van der Waals surface area contributed by atoms with Gasteiger partial charge in [0.1, 0.15) is 6.10 Å². The van der Waals surface area contributed by atoms with Crippen LogP contribution < -0.4 is 0 Å². The quantitative estimate of drug-likeness (QED) is 0.696. The zero-order chi connectivity index (χ0) is 9.97. The Bertz CT molecular complexity index is 370. The van der Waals surface area contributed by atoms with Gasteiger partial charge in [0, 0.05) is 4.90 Å². The summed E-state index contributed by atoms with van der Waals surface area (Å²) in [7, 11) is 0. The van der Waals surface area contributed by atoms with E-state index in [0.29, 0.717) is 4.91 Å². The summed E-state index contributed by atoms with van der Waals surface area (Å²) in [5, 5.41) is 0. The van der Waals surface area contributed by atoms with Crippen LogP contribution in [0.15, 0.2) is 46.2 Å². The largest absolute Gasteiger partial charge is 0.454 e. The summed E-state index contributed by atoms with van der Waals surface area (Å²) in [6, 6.07) is 9.80. The molecule has 1 aliphatic heterocycles. The number of thioether (sulfide) groups is 1. The molecule has 3 heteroatoms. The van der Waals surface area contributed by atoms with Gasteiger partial charge in [-0.05, 0) is 25.1 Å². The lowest BCUT2D eigenvalue weighted by atomic mass is 10.4. The number of hydrogen-bond acceptors (Lipinski definition) is 3. The van der Waals surface area contributed by atoms with E-state index in [1.807, 2.05) is 43.3 Å². The van der Waals surface area contributed by atoms with Gasteiger partial charge >= 0.3 is 5.97 Å². The maximum Gasteiger partial charge on any atom is 0.345 e. The summed E-state index contributed by atoms with van der Waals surface area (Å²) >= 11 is 1.45. The molecule has 1 heterocycles. The number of hydrogen-bond donors (Lipinski definition) is 0. The first-order valence-electron chi connectivity index (χ1n) is 4.41. The van der Waals surface area contributed by atoms with E-state index in [1.54, 1.807) is 0 Å². The van der Waals surface area contributed by atoms with Gasteiger partial charge in [0.05, 0.1) is 4.91 Å². The van der Waals surface area contributed by atoms with E-state index in [2.05, 4.69) is 0 Å². The van der Waals surface area contributed by atoms with Crippen molar-refractivity contribution in [1.29, 1.82) is 0 Å². The number of carbonyl (C=O) groups excluding carboxylic acids is 1. The third-order valence-corrected chi connectivity index (χ3v) is 2.88. The monoisotopic (exact) mass is 206 g/mol. The van der Waals surface area contributed by atoms with Crippen LogP contribution in [-0.4, -0.2) is 12.1 Å². The third-order valence-electron chi connectivity index (χ3n) is 1.85. The Hall–Kier alpha value is -1.22. The van der Waals surface area contributed by atoms with Gasteiger partial charge in [-0.25, -0.2) is 4.79 Å². The summed E-state index contributed by atoms with van der Waals surface area (Å²) in [4.78, 5) is 13.0. The molecule has 1 aromatic carbocycles. The molecule has 1 atom stereocenters. The van der Waals surface area contributed by atoms with Gasteiger partial charge in [-0.1, -0.05) is 30.0 Å². The summed E-state index contributed by atoms with van der Waals surface area (Å²) < 4.78 is 4.99.